The molecular weight excluding hydrogens is 138 g/mol. The van der Waals surface area contributed by atoms with E-state index in [1.807, 2.05) is 0 Å². The van der Waals surface area contributed by atoms with Gasteiger partial charge in [0.2, 0.25) is 0 Å². The monoisotopic (exact) mass is 149 g/mol. The van der Waals surface area contributed by atoms with Gasteiger partial charge in [-0.2, -0.15) is 5.90 Å². The number of carbonyl (C=O) groups excluding carboxylic acids is 1. The Morgan fingerprint density at radius 2 is 2.00 bits per heavy atom. The largest absolute Gasteiger partial charge is 0.395 e. The predicted octanol–water partition coefficient (Wildman–Crippen LogP) is -1.61. The molecule has 60 valence electrons. The van der Waals surface area contributed by atoms with Gasteiger partial charge in [0.05, 0.1) is 13.2 Å². The Morgan fingerprint density at radius 1 is 1.60 bits per heavy atom. The standard InChI is InChI=1S/C5H11NO4/c1-5(2-7,3-8)4(9)10-6/h7-8H,2-3,6H2,1H3. The first kappa shape index (κ1) is 9.35. The predicted molar refractivity (Wildman–Crippen MR) is 32.6 cm³/mol. The van der Waals surface area contributed by atoms with E-state index in [4.69, 9.17) is 10.2 Å². The molecule has 0 aliphatic rings. The highest BCUT2D eigenvalue weighted by atomic mass is 16.7. The van der Waals surface area contributed by atoms with Gasteiger partial charge in [0, 0.05) is 0 Å². The highest BCUT2D eigenvalue weighted by molar-refractivity contribution is 5.76. The molecule has 0 aromatic heterocycles. The Bertz CT molecular complexity index is 121. The highest BCUT2D eigenvalue weighted by Gasteiger charge is 2.33. The number of hydrogen-bond acceptors (Lipinski definition) is 5. The summed E-state index contributed by atoms with van der Waals surface area (Å²) in [6, 6.07) is 0. The maximum Gasteiger partial charge on any atom is 0.334 e. The van der Waals surface area contributed by atoms with Crippen molar-refractivity contribution in [1.29, 1.82) is 0 Å². The molecule has 0 aliphatic carbocycles. The van der Waals surface area contributed by atoms with Crippen LogP contribution in [0.2, 0.25) is 0 Å². The second-order valence-corrected chi connectivity index (χ2v) is 2.28. The van der Waals surface area contributed by atoms with E-state index >= 15 is 0 Å². The molecule has 0 atom stereocenters. The minimum atomic E-state index is -1.28. The van der Waals surface area contributed by atoms with Crippen molar-refractivity contribution in [2.75, 3.05) is 13.2 Å². The van der Waals surface area contributed by atoms with Gasteiger partial charge in [0.15, 0.2) is 0 Å². The molecule has 10 heavy (non-hydrogen) atoms. The van der Waals surface area contributed by atoms with Crippen molar-refractivity contribution >= 4 is 5.97 Å². The fraction of sp³-hybridized carbons (Fsp3) is 0.800. The lowest BCUT2D eigenvalue weighted by Gasteiger charge is -2.19. The molecule has 0 amide bonds. The number of carbonyl (C=O) groups is 1. The topological polar surface area (TPSA) is 92.8 Å². The van der Waals surface area contributed by atoms with Crippen molar-refractivity contribution in [2.45, 2.75) is 6.92 Å². The maximum atomic E-state index is 10.6. The summed E-state index contributed by atoms with van der Waals surface area (Å²) in [6.07, 6.45) is 0. The molecule has 0 spiro atoms. The molecule has 4 N–H and O–H groups in total. The summed E-state index contributed by atoms with van der Waals surface area (Å²) >= 11 is 0. The summed E-state index contributed by atoms with van der Waals surface area (Å²) in [4.78, 5) is 14.5. The van der Waals surface area contributed by atoms with E-state index in [9.17, 15) is 4.79 Å². The smallest absolute Gasteiger partial charge is 0.334 e. The van der Waals surface area contributed by atoms with Gasteiger partial charge in [-0.05, 0) is 6.92 Å². The van der Waals surface area contributed by atoms with Gasteiger partial charge in [-0.1, -0.05) is 0 Å². The van der Waals surface area contributed by atoms with E-state index in [0.29, 0.717) is 0 Å². The van der Waals surface area contributed by atoms with E-state index in [0.717, 1.165) is 0 Å². The molecule has 0 saturated carbocycles. The second kappa shape index (κ2) is 3.50. The summed E-state index contributed by atoms with van der Waals surface area (Å²) < 4.78 is 0. The number of hydrogen-bond donors (Lipinski definition) is 3. The molecular formula is C5H11NO4. The Labute approximate surface area is 58.4 Å². The van der Waals surface area contributed by atoms with Gasteiger partial charge >= 0.3 is 5.97 Å². The van der Waals surface area contributed by atoms with Crippen molar-refractivity contribution in [1.82, 2.24) is 0 Å². The van der Waals surface area contributed by atoms with Crippen LogP contribution in [0.5, 0.6) is 0 Å². The van der Waals surface area contributed by atoms with Crippen LogP contribution in [0.15, 0.2) is 0 Å². The van der Waals surface area contributed by atoms with Gasteiger partial charge in [0.25, 0.3) is 0 Å². The average molecular weight is 149 g/mol. The third-order valence-corrected chi connectivity index (χ3v) is 1.30. The van der Waals surface area contributed by atoms with E-state index in [2.05, 4.69) is 10.7 Å². The lowest BCUT2D eigenvalue weighted by Crippen LogP contribution is -2.38. The van der Waals surface area contributed by atoms with Crippen LogP contribution in [0, 0.1) is 5.41 Å². The van der Waals surface area contributed by atoms with Crippen LogP contribution in [0.25, 0.3) is 0 Å². The first-order chi connectivity index (χ1) is 4.60. The summed E-state index contributed by atoms with van der Waals surface area (Å²) in [6.45, 7) is 0.376. The summed E-state index contributed by atoms with van der Waals surface area (Å²) in [7, 11) is 0. The molecule has 0 heterocycles. The van der Waals surface area contributed by atoms with E-state index in [1.165, 1.54) is 6.92 Å². The van der Waals surface area contributed by atoms with Crippen molar-refractivity contribution in [3.63, 3.8) is 0 Å². The van der Waals surface area contributed by atoms with Crippen molar-refractivity contribution < 1.29 is 19.8 Å². The molecule has 0 radical (unpaired) electrons. The molecule has 5 heteroatoms. The quantitative estimate of drug-likeness (QED) is 0.420. The number of aliphatic hydroxyl groups excluding tert-OH is 2. The average Bonchev–Trinajstić information content (AvgIpc) is 2.01. The van der Waals surface area contributed by atoms with Crippen LogP contribution in [-0.4, -0.2) is 29.4 Å². The molecule has 5 nitrogen and oxygen atoms in total. The first-order valence-electron chi connectivity index (χ1n) is 2.73. The highest BCUT2D eigenvalue weighted by Crippen LogP contribution is 2.14. The van der Waals surface area contributed by atoms with E-state index < -0.39 is 24.6 Å². The van der Waals surface area contributed by atoms with Gasteiger partial charge in [0.1, 0.15) is 5.41 Å². The number of rotatable bonds is 3. The summed E-state index contributed by atoms with van der Waals surface area (Å²) in [5.41, 5.74) is -1.28. The molecule has 0 bridgehead atoms. The lowest BCUT2D eigenvalue weighted by atomic mass is 9.94. The second-order valence-electron chi connectivity index (χ2n) is 2.28. The van der Waals surface area contributed by atoms with E-state index in [1.54, 1.807) is 0 Å². The van der Waals surface area contributed by atoms with Gasteiger partial charge in [-0.15, -0.1) is 0 Å². The van der Waals surface area contributed by atoms with Crippen LogP contribution >= 0.6 is 0 Å². The van der Waals surface area contributed by atoms with E-state index in [-0.39, 0.29) is 0 Å². The van der Waals surface area contributed by atoms with Crippen LogP contribution in [0.3, 0.4) is 0 Å². The fourth-order valence-corrected chi connectivity index (χ4v) is 0.321. The van der Waals surface area contributed by atoms with Gasteiger partial charge in [-0.3, -0.25) is 0 Å². The number of nitrogens with two attached hydrogens (primary N) is 1. The maximum absolute atomic E-state index is 10.6. The Morgan fingerprint density at radius 3 is 2.10 bits per heavy atom. The number of aliphatic hydroxyl groups is 2. The zero-order chi connectivity index (χ0) is 8.20. The molecule has 0 fully saturated rings. The van der Waals surface area contributed by atoms with Gasteiger partial charge < -0.3 is 15.1 Å². The zero-order valence-electron chi connectivity index (χ0n) is 5.70. The minimum Gasteiger partial charge on any atom is -0.395 e. The third kappa shape index (κ3) is 1.66. The van der Waals surface area contributed by atoms with Crippen LogP contribution in [0.1, 0.15) is 6.92 Å². The lowest BCUT2D eigenvalue weighted by molar-refractivity contribution is -0.160. The molecule has 0 aromatic rings. The van der Waals surface area contributed by atoms with Crippen molar-refractivity contribution in [2.24, 2.45) is 11.3 Å². The minimum absolute atomic E-state index is 0.487. The zero-order valence-corrected chi connectivity index (χ0v) is 5.70. The fourth-order valence-electron chi connectivity index (χ4n) is 0.321. The first-order valence-corrected chi connectivity index (χ1v) is 2.73. The van der Waals surface area contributed by atoms with Gasteiger partial charge in [-0.25, -0.2) is 4.79 Å². The summed E-state index contributed by atoms with van der Waals surface area (Å²) in [5, 5.41) is 17.1. The van der Waals surface area contributed by atoms with Crippen LogP contribution in [-0.2, 0) is 9.63 Å². The molecule has 0 aliphatic heterocycles. The van der Waals surface area contributed by atoms with Crippen molar-refractivity contribution in [3.8, 4) is 0 Å². The SMILES string of the molecule is CC(CO)(CO)C(=O)ON. The Kier molecular flexibility index (Phi) is 3.27. The van der Waals surface area contributed by atoms with Crippen LogP contribution < -0.4 is 5.90 Å². The van der Waals surface area contributed by atoms with Crippen LogP contribution in [0.4, 0.5) is 0 Å². The third-order valence-electron chi connectivity index (χ3n) is 1.30. The normalized spacial score (nSPS) is 11.2. The Balaban J connectivity index is 4.17. The molecule has 0 rings (SSSR count). The summed E-state index contributed by atoms with van der Waals surface area (Å²) in [5.74, 6) is 3.72. The van der Waals surface area contributed by atoms with Crippen molar-refractivity contribution in [3.05, 3.63) is 0 Å². The molecule has 0 unspecified atom stereocenters. The molecule has 0 aromatic carbocycles. The molecule has 0 saturated heterocycles. The Hall–Kier alpha value is -0.650.